The van der Waals surface area contributed by atoms with Gasteiger partial charge in [-0.25, -0.2) is 15.8 Å². The van der Waals surface area contributed by atoms with Crippen molar-refractivity contribution in [2.45, 2.75) is 18.4 Å². The molecule has 0 saturated carbocycles. The molecule has 4 nitrogen and oxygen atoms in total. The molecule has 2 heterocycles. The van der Waals surface area contributed by atoms with Gasteiger partial charge in [0.1, 0.15) is 5.82 Å². The maximum Gasteiger partial charge on any atom is 0.163 e. The number of fused-ring (bicyclic) bond motifs is 1. The molecule has 0 unspecified atom stereocenters. The van der Waals surface area contributed by atoms with Gasteiger partial charge in [0.2, 0.25) is 0 Å². The molecule has 0 saturated heterocycles. The summed E-state index contributed by atoms with van der Waals surface area (Å²) in [6.07, 6.45) is 0. The summed E-state index contributed by atoms with van der Waals surface area (Å²) in [5.74, 6) is 8.85. The lowest BCUT2D eigenvalue weighted by Crippen LogP contribution is -2.12. The standard InChI is InChI=1S/C13H13BrN4S/c1-7-2-3-8(10(14)4-7)12-16-11-6-19-5-9(11)13(17-12)18-15/h2-4H,5-6,15H2,1H3,(H,16,17,18). The molecule has 3 rings (SSSR count). The fourth-order valence-electron chi connectivity index (χ4n) is 2.09. The first-order valence-electron chi connectivity index (χ1n) is 5.89. The van der Waals surface area contributed by atoms with Crippen LogP contribution in [-0.4, -0.2) is 9.97 Å². The monoisotopic (exact) mass is 336 g/mol. The van der Waals surface area contributed by atoms with Crippen LogP contribution in [0.2, 0.25) is 0 Å². The van der Waals surface area contributed by atoms with E-state index in [4.69, 9.17) is 5.84 Å². The Morgan fingerprint density at radius 2 is 2.16 bits per heavy atom. The van der Waals surface area contributed by atoms with Gasteiger partial charge in [-0.15, -0.1) is 0 Å². The second-order valence-corrected chi connectivity index (χ2v) is 6.28. The first-order valence-corrected chi connectivity index (χ1v) is 7.84. The average Bonchev–Trinajstić information content (AvgIpc) is 2.85. The van der Waals surface area contributed by atoms with Gasteiger partial charge in [-0.1, -0.05) is 22.0 Å². The molecule has 0 fully saturated rings. The molecule has 2 aromatic rings. The fraction of sp³-hybridized carbons (Fsp3) is 0.231. The number of nitrogens with two attached hydrogens (primary N) is 1. The molecule has 98 valence electrons. The van der Waals surface area contributed by atoms with Crippen molar-refractivity contribution in [1.82, 2.24) is 9.97 Å². The molecular formula is C13H13BrN4S. The number of thioether (sulfide) groups is 1. The fourth-order valence-corrected chi connectivity index (χ4v) is 3.80. The van der Waals surface area contributed by atoms with Crippen LogP contribution >= 0.6 is 27.7 Å². The van der Waals surface area contributed by atoms with E-state index in [1.54, 1.807) is 0 Å². The molecule has 19 heavy (non-hydrogen) atoms. The molecule has 1 aromatic heterocycles. The number of hydrogen-bond donors (Lipinski definition) is 2. The first kappa shape index (κ1) is 12.9. The van der Waals surface area contributed by atoms with Crippen molar-refractivity contribution in [2.75, 3.05) is 5.43 Å². The molecule has 6 heteroatoms. The largest absolute Gasteiger partial charge is 0.308 e. The Bertz CT molecular complexity index is 645. The van der Waals surface area contributed by atoms with Crippen LogP contribution in [0.25, 0.3) is 11.4 Å². The zero-order valence-corrected chi connectivity index (χ0v) is 12.8. The number of anilines is 1. The third kappa shape index (κ3) is 2.35. The highest BCUT2D eigenvalue weighted by molar-refractivity contribution is 9.10. The summed E-state index contributed by atoms with van der Waals surface area (Å²) in [5.41, 5.74) is 7.08. The minimum atomic E-state index is 0.709. The third-order valence-corrected chi connectivity index (χ3v) is 4.71. The van der Waals surface area contributed by atoms with Gasteiger partial charge in [0.05, 0.1) is 5.69 Å². The Hall–Kier alpha value is -1.11. The molecule has 1 aliphatic heterocycles. The maximum absolute atomic E-state index is 5.57. The highest BCUT2D eigenvalue weighted by Gasteiger charge is 2.20. The number of nitrogens with zero attached hydrogens (tertiary/aromatic N) is 2. The van der Waals surface area contributed by atoms with E-state index < -0.39 is 0 Å². The summed E-state index contributed by atoms with van der Waals surface area (Å²) in [6.45, 7) is 2.06. The minimum Gasteiger partial charge on any atom is -0.308 e. The number of halogens is 1. The van der Waals surface area contributed by atoms with Gasteiger partial charge in [-0.05, 0) is 24.6 Å². The SMILES string of the molecule is Cc1ccc(-c2nc3c(c(NN)n2)CSC3)c(Br)c1. The molecule has 0 aliphatic carbocycles. The number of rotatable bonds is 2. The molecule has 0 radical (unpaired) electrons. The van der Waals surface area contributed by atoms with Crippen LogP contribution in [0.5, 0.6) is 0 Å². The molecule has 0 bridgehead atoms. The molecule has 0 amide bonds. The van der Waals surface area contributed by atoms with Crippen molar-refractivity contribution < 1.29 is 0 Å². The van der Waals surface area contributed by atoms with Crippen LogP contribution in [0.1, 0.15) is 16.8 Å². The second kappa shape index (κ2) is 5.11. The number of aryl methyl sites for hydroxylation is 1. The lowest BCUT2D eigenvalue weighted by atomic mass is 10.1. The van der Waals surface area contributed by atoms with Gasteiger partial charge in [-0.3, -0.25) is 0 Å². The van der Waals surface area contributed by atoms with Gasteiger partial charge in [0.25, 0.3) is 0 Å². The second-order valence-electron chi connectivity index (χ2n) is 4.44. The van der Waals surface area contributed by atoms with E-state index >= 15 is 0 Å². The van der Waals surface area contributed by atoms with Crippen LogP contribution in [0.4, 0.5) is 5.82 Å². The van der Waals surface area contributed by atoms with Gasteiger partial charge in [-0.2, -0.15) is 11.8 Å². The summed E-state index contributed by atoms with van der Waals surface area (Å²) in [6, 6.07) is 6.15. The lowest BCUT2D eigenvalue weighted by molar-refractivity contribution is 1.06. The Morgan fingerprint density at radius 3 is 2.89 bits per heavy atom. The molecule has 0 atom stereocenters. The maximum atomic E-state index is 5.57. The third-order valence-electron chi connectivity index (χ3n) is 3.08. The van der Waals surface area contributed by atoms with Crippen molar-refractivity contribution >= 4 is 33.5 Å². The van der Waals surface area contributed by atoms with Gasteiger partial charge in [0, 0.05) is 27.1 Å². The van der Waals surface area contributed by atoms with E-state index in [1.807, 2.05) is 17.8 Å². The van der Waals surface area contributed by atoms with Crippen molar-refractivity contribution in [3.05, 3.63) is 39.5 Å². The van der Waals surface area contributed by atoms with E-state index in [9.17, 15) is 0 Å². The summed E-state index contributed by atoms with van der Waals surface area (Å²) in [7, 11) is 0. The zero-order chi connectivity index (χ0) is 13.4. The predicted molar refractivity (Wildman–Crippen MR) is 82.7 cm³/mol. The Kier molecular flexibility index (Phi) is 3.47. The summed E-state index contributed by atoms with van der Waals surface area (Å²) in [4.78, 5) is 9.20. The van der Waals surface area contributed by atoms with Gasteiger partial charge < -0.3 is 5.43 Å². The van der Waals surface area contributed by atoms with E-state index in [0.29, 0.717) is 5.82 Å². The number of hydrogen-bond acceptors (Lipinski definition) is 5. The van der Waals surface area contributed by atoms with E-state index in [2.05, 4.69) is 50.4 Å². The van der Waals surface area contributed by atoms with Crippen LogP contribution in [-0.2, 0) is 11.5 Å². The highest BCUT2D eigenvalue weighted by atomic mass is 79.9. The number of hydrazine groups is 1. The smallest absolute Gasteiger partial charge is 0.163 e. The number of benzene rings is 1. The van der Waals surface area contributed by atoms with Crippen molar-refractivity contribution in [2.24, 2.45) is 5.84 Å². The summed E-state index contributed by atoms with van der Waals surface area (Å²) < 4.78 is 1.00. The zero-order valence-electron chi connectivity index (χ0n) is 10.4. The van der Waals surface area contributed by atoms with Crippen molar-refractivity contribution in [1.29, 1.82) is 0 Å². The lowest BCUT2D eigenvalue weighted by Gasteiger charge is -2.10. The number of aromatic nitrogens is 2. The van der Waals surface area contributed by atoms with Crippen molar-refractivity contribution in [3.8, 4) is 11.4 Å². The highest BCUT2D eigenvalue weighted by Crippen LogP contribution is 2.35. The Balaban J connectivity index is 2.15. The summed E-state index contributed by atoms with van der Waals surface area (Å²) in [5, 5.41) is 0. The molecule has 1 aromatic carbocycles. The van der Waals surface area contributed by atoms with Crippen LogP contribution in [0.15, 0.2) is 22.7 Å². The van der Waals surface area contributed by atoms with Gasteiger partial charge in [0.15, 0.2) is 5.82 Å². The van der Waals surface area contributed by atoms with Crippen LogP contribution in [0, 0.1) is 6.92 Å². The predicted octanol–water partition coefficient (Wildman–Crippen LogP) is 3.25. The van der Waals surface area contributed by atoms with Crippen molar-refractivity contribution in [3.63, 3.8) is 0 Å². The number of nitrogen functional groups attached to an aromatic ring is 1. The van der Waals surface area contributed by atoms with Gasteiger partial charge >= 0.3 is 0 Å². The van der Waals surface area contributed by atoms with Crippen LogP contribution in [0.3, 0.4) is 0 Å². The Morgan fingerprint density at radius 1 is 1.32 bits per heavy atom. The summed E-state index contributed by atoms with van der Waals surface area (Å²) >= 11 is 5.41. The molecular weight excluding hydrogens is 324 g/mol. The first-order chi connectivity index (χ1) is 9.19. The quantitative estimate of drug-likeness (QED) is 0.651. The molecule has 0 spiro atoms. The van der Waals surface area contributed by atoms with E-state index in [0.717, 1.165) is 38.6 Å². The normalized spacial score (nSPS) is 13.4. The molecule has 1 aliphatic rings. The van der Waals surface area contributed by atoms with Crippen LogP contribution < -0.4 is 11.3 Å². The van der Waals surface area contributed by atoms with E-state index in [-0.39, 0.29) is 0 Å². The molecule has 3 N–H and O–H groups in total. The topological polar surface area (TPSA) is 63.8 Å². The average molecular weight is 337 g/mol. The minimum absolute atomic E-state index is 0.709. The number of nitrogens with one attached hydrogen (secondary N) is 1. The Labute approximate surface area is 124 Å². The van der Waals surface area contributed by atoms with E-state index in [1.165, 1.54) is 5.56 Å².